The Hall–Kier alpha value is -3.29. The van der Waals surface area contributed by atoms with Crippen LogP contribution in [0, 0.1) is 23.7 Å². The minimum Gasteiger partial charge on any atom is -0.262 e. The maximum absolute atomic E-state index is 4.25. The second-order valence-electron chi connectivity index (χ2n) is 6.04. The first kappa shape index (κ1) is 17.5. The summed E-state index contributed by atoms with van der Waals surface area (Å²) in [5, 5.41) is 0. The zero-order valence-electron chi connectivity index (χ0n) is 14.8. The molecule has 0 unspecified atom stereocenters. The summed E-state index contributed by atoms with van der Waals surface area (Å²) in [5.74, 6) is 12.8. The van der Waals surface area contributed by atoms with Crippen molar-refractivity contribution in [2.24, 2.45) is 0 Å². The van der Waals surface area contributed by atoms with Gasteiger partial charge in [-0.1, -0.05) is 84.3 Å². The van der Waals surface area contributed by atoms with Gasteiger partial charge in [0.2, 0.25) is 0 Å². The van der Waals surface area contributed by atoms with Crippen molar-refractivity contribution < 1.29 is 0 Å². The highest BCUT2D eigenvalue weighted by molar-refractivity contribution is 5.41. The predicted molar refractivity (Wildman–Crippen MR) is 108 cm³/mol. The molecule has 1 heterocycles. The van der Waals surface area contributed by atoms with Gasteiger partial charge in [0.25, 0.3) is 0 Å². The molecular weight excluding hydrogens is 314 g/mol. The summed E-state index contributed by atoms with van der Waals surface area (Å²) in [6.07, 6.45) is 7.23. The molecule has 0 aliphatic carbocycles. The molecule has 0 atom stereocenters. The van der Waals surface area contributed by atoms with E-state index in [9.17, 15) is 0 Å². The predicted octanol–water partition coefficient (Wildman–Crippen LogP) is 5.05. The monoisotopic (exact) mass is 335 g/mol. The van der Waals surface area contributed by atoms with Crippen LogP contribution in [-0.4, -0.2) is 4.98 Å². The Morgan fingerprint density at radius 2 is 1.08 bits per heavy atom. The van der Waals surface area contributed by atoms with Crippen LogP contribution in [0.25, 0.3) is 0 Å². The van der Waals surface area contributed by atoms with E-state index < -0.39 is 0 Å². The highest BCUT2D eigenvalue weighted by Crippen LogP contribution is 2.04. The van der Waals surface area contributed by atoms with E-state index in [1.165, 1.54) is 11.1 Å². The lowest BCUT2D eigenvalue weighted by atomic mass is 10.1. The molecule has 0 saturated heterocycles. The summed E-state index contributed by atoms with van der Waals surface area (Å²) in [6, 6.07) is 22.9. The minimum absolute atomic E-state index is 0.844. The second kappa shape index (κ2) is 9.87. The fourth-order valence-corrected chi connectivity index (χ4v) is 2.61. The first-order valence-corrected chi connectivity index (χ1v) is 8.91. The van der Waals surface area contributed by atoms with E-state index in [0.717, 1.165) is 36.8 Å². The summed E-state index contributed by atoms with van der Waals surface area (Å²) in [4.78, 5) is 4.25. The Morgan fingerprint density at radius 3 is 1.54 bits per heavy atom. The van der Waals surface area contributed by atoms with Crippen LogP contribution in [0.3, 0.4) is 0 Å². The van der Waals surface area contributed by atoms with E-state index in [1.54, 1.807) is 12.4 Å². The average molecular weight is 335 g/mol. The zero-order valence-corrected chi connectivity index (χ0v) is 14.8. The lowest BCUT2D eigenvalue weighted by Crippen LogP contribution is -1.85. The fraction of sp³-hybridized carbons (Fsp3) is 0.160. The number of hydrogen-bond acceptors (Lipinski definition) is 1. The molecule has 1 aromatic heterocycles. The summed E-state index contributed by atoms with van der Waals surface area (Å²) < 4.78 is 0. The van der Waals surface area contributed by atoms with Gasteiger partial charge in [0, 0.05) is 36.4 Å². The minimum atomic E-state index is 0.844. The number of rotatable bonds is 4. The van der Waals surface area contributed by atoms with Crippen molar-refractivity contribution in [3.63, 3.8) is 0 Å². The van der Waals surface area contributed by atoms with Gasteiger partial charge in [-0.25, -0.2) is 0 Å². The van der Waals surface area contributed by atoms with Crippen molar-refractivity contribution in [1.29, 1.82) is 0 Å². The van der Waals surface area contributed by atoms with Crippen LogP contribution >= 0.6 is 0 Å². The third-order valence-electron chi connectivity index (χ3n) is 3.97. The average Bonchev–Trinajstić information content (AvgIpc) is 2.71. The smallest absolute Gasteiger partial charge is 0.0441 e. The summed E-state index contributed by atoms with van der Waals surface area (Å²) in [6.45, 7) is 0. The van der Waals surface area contributed by atoms with E-state index in [0.29, 0.717) is 0 Å². The van der Waals surface area contributed by atoms with E-state index in [2.05, 4.69) is 77.2 Å². The standard InChI is InChI=1S/C25H21N/c1-3-11-22(12-4-1)15-7-9-17-24-19-25(21-26-20-24)18-10-8-16-23-13-5-2-6-14-23/h1-6,11-14,19-21H,7-8,15-16H2. The molecule has 0 bridgehead atoms. The Bertz CT molecular complexity index is 858. The Balaban J connectivity index is 1.52. The molecule has 26 heavy (non-hydrogen) atoms. The van der Waals surface area contributed by atoms with Gasteiger partial charge in [-0.15, -0.1) is 0 Å². The van der Waals surface area contributed by atoms with Gasteiger partial charge in [-0.05, 0) is 30.0 Å². The molecule has 0 saturated carbocycles. The van der Waals surface area contributed by atoms with E-state index in [-0.39, 0.29) is 0 Å². The van der Waals surface area contributed by atoms with E-state index in [4.69, 9.17) is 0 Å². The lowest BCUT2D eigenvalue weighted by Gasteiger charge is -1.96. The zero-order chi connectivity index (χ0) is 17.9. The molecule has 3 rings (SSSR count). The maximum Gasteiger partial charge on any atom is 0.0441 e. The first-order chi connectivity index (χ1) is 12.9. The van der Waals surface area contributed by atoms with Gasteiger partial charge in [0.15, 0.2) is 0 Å². The molecule has 3 aromatic rings. The molecule has 0 fully saturated rings. The number of aromatic nitrogens is 1. The quantitative estimate of drug-likeness (QED) is 0.608. The van der Waals surface area contributed by atoms with Crippen LogP contribution in [0.5, 0.6) is 0 Å². The van der Waals surface area contributed by atoms with Gasteiger partial charge >= 0.3 is 0 Å². The SMILES string of the molecule is C(#Cc1cncc(C#CCCc2ccccc2)c1)CCc1ccccc1. The van der Waals surface area contributed by atoms with Crippen LogP contribution in [-0.2, 0) is 12.8 Å². The molecule has 1 heteroatoms. The van der Waals surface area contributed by atoms with Crippen molar-refractivity contribution >= 4 is 0 Å². The number of benzene rings is 2. The highest BCUT2D eigenvalue weighted by atomic mass is 14.6. The van der Waals surface area contributed by atoms with E-state index in [1.807, 2.05) is 18.2 Å². The number of pyridine rings is 1. The molecule has 0 amide bonds. The molecule has 0 aliphatic heterocycles. The van der Waals surface area contributed by atoms with Crippen molar-refractivity contribution in [3.05, 3.63) is 101 Å². The van der Waals surface area contributed by atoms with Gasteiger partial charge in [0.1, 0.15) is 0 Å². The molecule has 126 valence electrons. The molecule has 0 spiro atoms. The fourth-order valence-electron chi connectivity index (χ4n) is 2.61. The summed E-state index contributed by atoms with van der Waals surface area (Å²) in [7, 11) is 0. The molecule has 0 N–H and O–H groups in total. The highest BCUT2D eigenvalue weighted by Gasteiger charge is 1.92. The van der Waals surface area contributed by atoms with Gasteiger partial charge in [0.05, 0.1) is 0 Å². The number of aryl methyl sites for hydroxylation is 2. The number of hydrogen-bond donors (Lipinski definition) is 0. The molecule has 1 nitrogen and oxygen atoms in total. The Morgan fingerprint density at radius 1 is 0.615 bits per heavy atom. The van der Waals surface area contributed by atoms with Crippen molar-refractivity contribution in [2.45, 2.75) is 25.7 Å². The second-order valence-corrected chi connectivity index (χ2v) is 6.04. The van der Waals surface area contributed by atoms with Crippen LogP contribution in [0.4, 0.5) is 0 Å². The van der Waals surface area contributed by atoms with Gasteiger partial charge < -0.3 is 0 Å². The van der Waals surface area contributed by atoms with Crippen LogP contribution < -0.4 is 0 Å². The normalized spacial score (nSPS) is 9.54. The Labute approximate surface area is 156 Å². The van der Waals surface area contributed by atoms with Crippen molar-refractivity contribution in [1.82, 2.24) is 4.98 Å². The van der Waals surface area contributed by atoms with Crippen LogP contribution in [0.2, 0.25) is 0 Å². The lowest BCUT2D eigenvalue weighted by molar-refractivity contribution is 1.03. The van der Waals surface area contributed by atoms with Crippen LogP contribution in [0.15, 0.2) is 79.1 Å². The molecule has 2 aromatic carbocycles. The maximum atomic E-state index is 4.25. The molecule has 0 aliphatic rings. The van der Waals surface area contributed by atoms with Crippen LogP contribution in [0.1, 0.15) is 35.1 Å². The van der Waals surface area contributed by atoms with Crippen molar-refractivity contribution in [3.8, 4) is 23.7 Å². The topological polar surface area (TPSA) is 12.9 Å². The molecule has 0 radical (unpaired) electrons. The molecular formula is C25H21N. The van der Waals surface area contributed by atoms with Crippen molar-refractivity contribution in [2.75, 3.05) is 0 Å². The summed E-state index contributed by atoms with van der Waals surface area (Å²) in [5.41, 5.74) is 4.48. The van der Waals surface area contributed by atoms with E-state index >= 15 is 0 Å². The third kappa shape index (κ3) is 5.97. The number of nitrogens with zero attached hydrogens (tertiary/aromatic N) is 1. The Kier molecular flexibility index (Phi) is 6.66. The third-order valence-corrected chi connectivity index (χ3v) is 3.97. The van der Waals surface area contributed by atoms with Gasteiger partial charge in [-0.3, -0.25) is 4.98 Å². The first-order valence-electron chi connectivity index (χ1n) is 8.91. The largest absolute Gasteiger partial charge is 0.262 e. The van der Waals surface area contributed by atoms with Gasteiger partial charge in [-0.2, -0.15) is 0 Å². The summed E-state index contributed by atoms with van der Waals surface area (Å²) >= 11 is 0.